The van der Waals surface area contributed by atoms with E-state index in [9.17, 15) is 0 Å². The van der Waals surface area contributed by atoms with Crippen LogP contribution in [0.4, 0.5) is 11.5 Å². The van der Waals surface area contributed by atoms with E-state index in [1.54, 1.807) is 0 Å². The maximum Gasteiger partial charge on any atom is 0.173 e. The molecule has 178 valence electrons. The number of hydrogen-bond donors (Lipinski definition) is 1. The van der Waals surface area contributed by atoms with Gasteiger partial charge in [0.2, 0.25) is 0 Å². The van der Waals surface area contributed by atoms with Gasteiger partial charge in [0.1, 0.15) is 5.82 Å². The zero-order chi connectivity index (χ0) is 23.5. The van der Waals surface area contributed by atoms with Crippen LogP contribution in [0.25, 0.3) is 10.9 Å². The highest BCUT2D eigenvalue weighted by atomic mass is 32.1. The molecule has 5 nitrogen and oxygen atoms in total. The molecule has 6 heteroatoms. The first kappa shape index (κ1) is 23.1. The van der Waals surface area contributed by atoms with E-state index in [1.807, 2.05) is 0 Å². The number of rotatable bonds is 4. The van der Waals surface area contributed by atoms with Gasteiger partial charge in [0.05, 0.1) is 5.52 Å². The fourth-order valence-electron chi connectivity index (χ4n) is 5.14. The summed E-state index contributed by atoms with van der Waals surface area (Å²) in [5, 5.41) is 5.51. The summed E-state index contributed by atoms with van der Waals surface area (Å²) in [4.78, 5) is 12.1. The van der Waals surface area contributed by atoms with Crippen molar-refractivity contribution < 1.29 is 0 Å². The zero-order valence-electron chi connectivity index (χ0n) is 20.3. The number of aryl methyl sites for hydroxylation is 1. The number of likely N-dealkylation sites (tertiary alicyclic amines) is 1. The third kappa shape index (κ3) is 5.34. The molecule has 34 heavy (non-hydrogen) atoms. The summed E-state index contributed by atoms with van der Waals surface area (Å²) in [7, 11) is 2.18. The fraction of sp³-hybridized carbons (Fsp3) is 0.429. The number of benzene rings is 2. The van der Waals surface area contributed by atoms with Gasteiger partial charge >= 0.3 is 0 Å². The van der Waals surface area contributed by atoms with Crippen LogP contribution in [0.1, 0.15) is 24.0 Å². The molecule has 5 rings (SSSR count). The number of nitrogens with zero attached hydrogens (tertiary/aromatic N) is 4. The van der Waals surface area contributed by atoms with Crippen molar-refractivity contribution in [3.8, 4) is 0 Å². The van der Waals surface area contributed by atoms with E-state index in [4.69, 9.17) is 17.2 Å². The Morgan fingerprint density at radius 3 is 2.44 bits per heavy atom. The molecule has 0 spiro atoms. The van der Waals surface area contributed by atoms with Crippen molar-refractivity contribution in [2.75, 3.05) is 56.5 Å². The summed E-state index contributed by atoms with van der Waals surface area (Å²) >= 11 is 5.78. The molecule has 0 radical (unpaired) electrons. The van der Waals surface area contributed by atoms with Gasteiger partial charge in [-0.25, -0.2) is 4.98 Å². The lowest BCUT2D eigenvalue weighted by Gasteiger charge is -2.34. The predicted octanol–water partition coefficient (Wildman–Crippen LogP) is 4.95. The minimum Gasteiger partial charge on any atom is -0.354 e. The van der Waals surface area contributed by atoms with Gasteiger partial charge in [-0.1, -0.05) is 30.3 Å². The van der Waals surface area contributed by atoms with Crippen molar-refractivity contribution in [2.24, 2.45) is 5.92 Å². The van der Waals surface area contributed by atoms with Gasteiger partial charge in [-0.2, -0.15) is 0 Å². The van der Waals surface area contributed by atoms with Crippen LogP contribution >= 0.6 is 12.2 Å². The molecular formula is C28H35N5S. The lowest BCUT2D eigenvalue weighted by Crippen LogP contribution is -2.44. The van der Waals surface area contributed by atoms with Crippen LogP contribution < -0.4 is 10.2 Å². The number of anilines is 2. The fourth-order valence-corrected chi connectivity index (χ4v) is 5.44. The van der Waals surface area contributed by atoms with Crippen LogP contribution in [0.3, 0.4) is 0 Å². The number of nitrogens with one attached hydrogen (secondary N) is 1. The molecular weight excluding hydrogens is 438 g/mol. The molecule has 2 aliphatic rings. The first-order valence-corrected chi connectivity index (χ1v) is 12.9. The van der Waals surface area contributed by atoms with Gasteiger partial charge in [0, 0.05) is 50.3 Å². The molecule has 0 amide bonds. The van der Waals surface area contributed by atoms with Gasteiger partial charge in [-0.3, -0.25) is 0 Å². The van der Waals surface area contributed by atoms with E-state index in [2.05, 4.69) is 88.6 Å². The number of fused-ring (bicyclic) bond motifs is 1. The molecule has 0 bridgehead atoms. The molecule has 3 aromatic rings. The van der Waals surface area contributed by atoms with Crippen molar-refractivity contribution in [3.63, 3.8) is 0 Å². The molecule has 1 N–H and O–H groups in total. The minimum atomic E-state index is 0.741. The monoisotopic (exact) mass is 473 g/mol. The van der Waals surface area contributed by atoms with Crippen LogP contribution in [-0.4, -0.2) is 66.2 Å². The Kier molecular flexibility index (Phi) is 6.97. The topological polar surface area (TPSA) is 34.6 Å². The average Bonchev–Trinajstić information content (AvgIpc) is 2.86. The van der Waals surface area contributed by atoms with E-state index in [0.29, 0.717) is 0 Å². The van der Waals surface area contributed by atoms with Gasteiger partial charge in [-0.15, -0.1) is 0 Å². The lowest BCUT2D eigenvalue weighted by molar-refractivity contribution is 0.268. The summed E-state index contributed by atoms with van der Waals surface area (Å²) in [6.45, 7) is 8.46. The Labute approximate surface area is 208 Å². The average molecular weight is 474 g/mol. The lowest BCUT2D eigenvalue weighted by atomic mass is 9.90. The maximum atomic E-state index is 5.78. The van der Waals surface area contributed by atoms with Crippen molar-refractivity contribution in [3.05, 3.63) is 65.7 Å². The summed E-state index contributed by atoms with van der Waals surface area (Å²) in [6, 6.07) is 19.5. The normalized spacial score (nSPS) is 17.8. The molecule has 0 saturated carbocycles. The van der Waals surface area contributed by atoms with Crippen molar-refractivity contribution in [2.45, 2.75) is 26.2 Å². The van der Waals surface area contributed by atoms with Gasteiger partial charge in [0.25, 0.3) is 0 Å². The van der Waals surface area contributed by atoms with Gasteiger partial charge < -0.3 is 20.0 Å². The number of piperidine rings is 1. The van der Waals surface area contributed by atoms with E-state index in [-0.39, 0.29) is 0 Å². The second-order valence-corrected chi connectivity index (χ2v) is 10.3. The summed E-state index contributed by atoms with van der Waals surface area (Å²) in [5.41, 5.74) is 4.79. The van der Waals surface area contributed by atoms with Crippen LogP contribution in [-0.2, 0) is 6.42 Å². The predicted molar refractivity (Wildman–Crippen MR) is 147 cm³/mol. The third-order valence-corrected chi connectivity index (χ3v) is 7.71. The second kappa shape index (κ2) is 10.3. The molecule has 2 fully saturated rings. The first-order chi connectivity index (χ1) is 16.5. The van der Waals surface area contributed by atoms with Crippen LogP contribution in [0.2, 0.25) is 0 Å². The second-order valence-electron chi connectivity index (χ2n) is 9.87. The van der Waals surface area contributed by atoms with Gasteiger partial charge in [-0.05, 0) is 86.8 Å². The molecule has 2 aliphatic heterocycles. The highest BCUT2D eigenvalue weighted by Gasteiger charge is 2.21. The molecule has 2 saturated heterocycles. The first-order valence-electron chi connectivity index (χ1n) is 12.5. The van der Waals surface area contributed by atoms with Crippen LogP contribution in [0.5, 0.6) is 0 Å². The van der Waals surface area contributed by atoms with Crippen molar-refractivity contribution >= 4 is 39.7 Å². The smallest absolute Gasteiger partial charge is 0.173 e. The molecule has 0 unspecified atom stereocenters. The van der Waals surface area contributed by atoms with Crippen molar-refractivity contribution in [1.82, 2.24) is 14.8 Å². The van der Waals surface area contributed by atoms with Crippen LogP contribution in [0.15, 0.2) is 54.6 Å². The number of thiocarbonyl (C=S) groups is 1. The van der Waals surface area contributed by atoms with Crippen molar-refractivity contribution in [1.29, 1.82) is 0 Å². The zero-order valence-corrected chi connectivity index (χ0v) is 21.2. The number of aromatic nitrogens is 1. The standard InChI is InChI=1S/C28H35N5S/c1-21-18-27(32-16-14-31(2)15-17-32)30-26-9-8-24(20-25(21)26)29-28(34)33-12-10-23(11-13-33)19-22-6-4-3-5-7-22/h3-9,18,20,23H,10-17,19H2,1-2H3,(H,29,34). The Bertz CT molecular complexity index is 1130. The number of piperazine rings is 1. The molecule has 0 aliphatic carbocycles. The summed E-state index contributed by atoms with van der Waals surface area (Å²) < 4.78 is 0. The Hall–Kier alpha value is -2.70. The maximum absolute atomic E-state index is 5.78. The summed E-state index contributed by atoms with van der Waals surface area (Å²) in [6.07, 6.45) is 3.54. The highest BCUT2D eigenvalue weighted by molar-refractivity contribution is 7.80. The number of hydrogen-bond acceptors (Lipinski definition) is 4. The summed E-state index contributed by atoms with van der Waals surface area (Å²) in [5.74, 6) is 1.83. The molecule has 2 aromatic carbocycles. The molecule has 3 heterocycles. The number of pyridine rings is 1. The molecule has 0 atom stereocenters. The quantitative estimate of drug-likeness (QED) is 0.541. The van der Waals surface area contributed by atoms with E-state index >= 15 is 0 Å². The largest absolute Gasteiger partial charge is 0.354 e. The number of likely N-dealkylation sites (N-methyl/N-ethyl adjacent to an activating group) is 1. The third-order valence-electron chi connectivity index (χ3n) is 7.35. The minimum absolute atomic E-state index is 0.741. The van der Waals surface area contributed by atoms with Crippen LogP contribution in [0, 0.1) is 12.8 Å². The van der Waals surface area contributed by atoms with E-state index in [1.165, 1.54) is 35.8 Å². The Balaban J connectivity index is 1.20. The van der Waals surface area contributed by atoms with Gasteiger partial charge in [0.15, 0.2) is 5.11 Å². The SMILES string of the molecule is Cc1cc(N2CCN(C)CC2)nc2ccc(NC(=S)N3CCC(Cc4ccccc4)CC3)cc12. The molecule has 1 aromatic heterocycles. The Morgan fingerprint density at radius 2 is 1.71 bits per heavy atom. The Morgan fingerprint density at radius 1 is 0.971 bits per heavy atom. The van der Waals surface area contributed by atoms with E-state index < -0.39 is 0 Å². The highest BCUT2D eigenvalue weighted by Crippen LogP contribution is 2.27. The van der Waals surface area contributed by atoms with E-state index in [0.717, 1.165) is 67.3 Å².